The molecule has 25 heavy (non-hydrogen) atoms. The Morgan fingerprint density at radius 1 is 1.12 bits per heavy atom. The molecule has 1 amide bonds. The van der Waals surface area contributed by atoms with Crippen molar-refractivity contribution in [3.63, 3.8) is 0 Å². The SMILES string of the molecule is CC(C)(C)OC(=O)N1C2Cc3ccccc3C1(C=O)c1ccccc12. The Bertz CT molecular complexity index is 854. The van der Waals surface area contributed by atoms with E-state index >= 15 is 0 Å². The minimum absolute atomic E-state index is 0.189. The molecule has 4 nitrogen and oxygen atoms in total. The van der Waals surface area contributed by atoms with Crippen LogP contribution in [0.1, 0.15) is 49.1 Å². The monoisotopic (exact) mass is 335 g/mol. The molecule has 0 spiro atoms. The van der Waals surface area contributed by atoms with Gasteiger partial charge in [0.15, 0.2) is 11.8 Å². The third-order valence-corrected chi connectivity index (χ3v) is 5.02. The van der Waals surface area contributed by atoms with Crippen molar-refractivity contribution in [2.24, 2.45) is 0 Å². The molecule has 128 valence electrons. The molecular weight excluding hydrogens is 314 g/mol. The molecule has 2 atom stereocenters. The van der Waals surface area contributed by atoms with Crippen LogP contribution in [0, 0.1) is 0 Å². The van der Waals surface area contributed by atoms with Crippen molar-refractivity contribution < 1.29 is 14.3 Å². The smallest absolute Gasteiger partial charge is 0.412 e. The fourth-order valence-corrected chi connectivity index (χ4v) is 4.17. The van der Waals surface area contributed by atoms with E-state index in [0.717, 1.165) is 28.5 Å². The molecule has 0 saturated carbocycles. The van der Waals surface area contributed by atoms with Crippen LogP contribution in [0.15, 0.2) is 48.5 Å². The number of amides is 1. The van der Waals surface area contributed by atoms with Crippen molar-refractivity contribution in [2.45, 2.75) is 44.4 Å². The predicted molar refractivity (Wildman–Crippen MR) is 94.2 cm³/mol. The highest BCUT2D eigenvalue weighted by atomic mass is 16.6. The highest BCUT2D eigenvalue weighted by Crippen LogP contribution is 2.55. The van der Waals surface area contributed by atoms with Gasteiger partial charge in [-0.05, 0) is 49.4 Å². The Hall–Kier alpha value is -2.62. The molecule has 4 rings (SSSR count). The summed E-state index contributed by atoms with van der Waals surface area (Å²) < 4.78 is 5.66. The van der Waals surface area contributed by atoms with Gasteiger partial charge in [0.05, 0.1) is 6.04 Å². The van der Waals surface area contributed by atoms with Crippen LogP contribution in [0.2, 0.25) is 0 Å². The molecule has 0 N–H and O–H groups in total. The molecule has 2 aromatic carbocycles. The van der Waals surface area contributed by atoms with Gasteiger partial charge in [0.1, 0.15) is 5.60 Å². The fourth-order valence-electron chi connectivity index (χ4n) is 4.17. The summed E-state index contributed by atoms with van der Waals surface area (Å²) in [5.41, 5.74) is 2.15. The molecule has 2 heterocycles. The first-order valence-electron chi connectivity index (χ1n) is 8.55. The molecule has 0 saturated heterocycles. The lowest BCUT2D eigenvalue weighted by molar-refractivity contribution is -0.117. The van der Waals surface area contributed by atoms with E-state index < -0.39 is 17.2 Å². The van der Waals surface area contributed by atoms with E-state index in [1.54, 1.807) is 4.90 Å². The average Bonchev–Trinajstić information content (AvgIpc) is 2.79. The van der Waals surface area contributed by atoms with Gasteiger partial charge in [-0.1, -0.05) is 48.5 Å². The molecule has 0 fully saturated rings. The van der Waals surface area contributed by atoms with Gasteiger partial charge in [0, 0.05) is 0 Å². The van der Waals surface area contributed by atoms with E-state index in [2.05, 4.69) is 0 Å². The first-order valence-corrected chi connectivity index (χ1v) is 8.55. The standard InChI is InChI=1S/C21H21NO3/c1-20(2,3)25-19(24)22-18-12-14-8-4-6-10-16(14)21(22,13-23)17-11-7-5-9-15(17)18/h4-11,13,18H,12H2,1-3H3. The summed E-state index contributed by atoms with van der Waals surface area (Å²) in [6, 6.07) is 15.5. The molecule has 0 aliphatic carbocycles. The maximum absolute atomic E-state index is 13.1. The first-order chi connectivity index (χ1) is 11.9. The van der Waals surface area contributed by atoms with Crippen LogP contribution < -0.4 is 0 Å². The summed E-state index contributed by atoms with van der Waals surface area (Å²) in [6.45, 7) is 5.52. The molecular formula is C21H21NO3. The van der Waals surface area contributed by atoms with E-state index in [4.69, 9.17) is 4.74 Å². The van der Waals surface area contributed by atoms with Crippen LogP contribution in [0.5, 0.6) is 0 Å². The zero-order chi connectivity index (χ0) is 17.8. The second kappa shape index (κ2) is 5.19. The zero-order valence-corrected chi connectivity index (χ0v) is 14.7. The molecule has 0 radical (unpaired) electrons. The molecule has 2 aliphatic rings. The van der Waals surface area contributed by atoms with E-state index in [-0.39, 0.29) is 6.04 Å². The molecule has 2 aromatic rings. The average molecular weight is 335 g/mol. The molecule has 2 bridgehead atoms. The predicted octanol–water partition coefficient (Wildman–Crippen LogP) is 3.98. The van der Waals surface area contributed by atoms with Crippen molar-refractivity contribution in [1.82, 2.24) is 4.90 Å². The summed E-state index contributed by atoms with van der Waals surface area (Å²) in [6.07, 6.45) is 1.13. The number of ether oxygens (including phenoxy) is 1. The topological polar surface area (TPSA) is 46.6 Å². The lowest BCUT2D eigenvalue weighted by Gasteiger charge is -2.43. The van der Waals surface area contributed by atoms with Gasteiger partial charge in [-0.15, -0.1) is 0 Å². The summed E-state index contributed by atoms with van der Waals surface area (Å²) in [7, 11) is 0. The van der Waals surface area contributed by atoms with Crippen molar-refractivity contribution in [3.8, 4) is 0 Å². The minimum atomic E-state index is -1.11. The maximum Gasteiger partial charge on any atom is 0.412 e. The Labute approximate surface area is 147 Å². The summed E-state index contributed by atoms with van der Waals surface area (Å²) >= 11 is 0. The summed E-state index contributed by atoms with van der Waals surface area (Å²) in [5, 5.41) is 0. The normalized spacial score (nSPS) is 23.6. The number of carbonyl (C=O) groups is 2. The minimum Gasteiger partial charge on any atom is -0.444 e. The Morgan fingerprint density at radius 2 is 1.76 bits per heavy atom. The summed E-state index contributed by atoms with van der Waals surface area (Å²) in [4.78, 5) is 27.2. The number of benzene rings is 2. The van der Waals surface area contributed by atoms with E-state index in [0.29, 0.717) is 6.42 Å². The lowest BCUT2D eigenvalue weighted by Crippen LogP contribution is -2.53. The van der Waals surface area contributed by atoms with Crippen molar-refractivity contribution in [3.05, 3.63) is 70.8 Å². The van der Waals surface area contributed by atoms with Gasteiger partial charge >= 0.3 is 6.09 Å². The number of hydrogen-bond donors (Lipinski definition) is 0. The van der Waals surface area contributed by atoms with Crippen molar-refractivity contribution in [2.75, 3.05) is 0 Å². The third kappa shape index (κ3) is 2.13. The van der Waals surface area contributed by atoms with Crippen LogP contribution in [0.4, 0.5) is 4.79 Å². The van der Waals surface area contributed by atoms with Gasteiger partial charge < -0.3 is 4.74 Å². The molecule has 2 aliphatic heterocycles. The Balaban J connectivity index is 1.96. The second-order valence-corrected chi connectivity index (χ2v) is 7.70. The number of fused-ring (bicyclic) bond motifs is 7. The first kappa shape index (κ1) is 15.9. The molecule has 0 aromatic heterocycles. The number of rotatable bonds is 1. The third-order valence-electron chi connectivity index (χ3n) is 5.02. The number of nitrogens with zero attached hydrogens (tertiary/aromatic N) is 1. The molecule has 4 heteroatoms. The fraction of sp³-hybridized carbons (Fsp3) is 0.333. The number of carbonyl (C=O) groups excluding carboxylic acids is 2. The van der Waals surface area contributed by atoms with Gasteiger partial charge in [-0.2, -0.15) is 0 Å². The van der Waals surface area contributed by atoms with E-state index in [1.165, 1.54) is 0 Å². The van der Waals surface area contributed by atoms with E-state index in [9.17, 15) is 9.59 Å². The van der Waals surface area contributed by atoms with E-state index in [1.807, 2.05) is 69.3 Å². The van der Waals surface area contributed by atoms with Crippen molar-refractivity contribution >= 4 is 12.4 Å². The van der Waals surface area contributed by atoms with Crippen molar-refractivity contribution in [1.29, 1.82) is 0 Å². The van der Waals surface area contributed by atoms with Crippen LogP contribution in [0.25, 0.3) is 0 Å². The lowest BCUT2D eigenvalue weighted by atomic mass is 9.80. The Morgan fingerprint density at radius 3 is 2.44 bits per heavy atom. The van der Waals surface area contributed by atoms with Gasteiger partial charge in [-0.25, -0.2) is 4.79 Å². The quantitative estimate of drug-likeness (QED) is 0.741. The van der Waals surface area contributed by atoms with Crippen LogP contribution in [0.3, 0.4) is 0 Å². The number of hydrogen-bond acceptors (Lipinski definition) is 3. The second-order valence-electron chi connectivity index (χ2n) is 7.70. The van der Waals surface area contributed by atoms with Gasteiger partial charge in [0.25, 0.3) is 0 Å². The maximum atomic E-state index is 13.1. The molecule has 2 unspecified atom stereocenters. The highest BCUT2D eigenvalue weighted by molar-refractivity contribution is 5.87. The zero-order valence-electron chi connectivity index (χ0n) is 14.7. The Kier molecular flexibility index (Phi) is 3.29. The van der Waals surface area contributed by atoms with Crippen LogP contribution in [-0.4, -0.2) is 22.9 Å². The van der Waals surface area contributed by atoms with Gasteiger partial charge in [0.2, 0.25) is 0 Å². The number of aldehydes is 1. The highest BCUT2D eigenvalue weighted by Gasteiger charge is 2.58. The van der Waals surface area contributed by atoms with Crippen LogP contribution >= 0.6 is 0 Å². The largest absolute Gasteiger partial charge is 0.444 e. The summed E-state index contributed by atoms with van der Waals surface area (Å²) in [5.74, 6) is 0. The van der Waals surface area contributed by atoms with Gasteiger partial charge in [-0.3, -0.25) is 9.69 Å². The van der Waals surface area contributed by atoms with Crippen LogP contribution in [-0.2, 0) is 21.5 Å².